The van der Waals surface area contributed by atoms with E-state index in [1.54, 1.807) is 0 Å². The van der Waals surface area contributed by atoms with Crippen LogP contribution in [0.2, 0.25) is 0 Å². The third-order valence-corrected chi connectivity index (χ3v) is 2.97. The standard InChI is InChI=1S/C13H7F4N3O3/c14-8-5-11(20(21)22)12(7-18,19-6-8)9-3-1-2-4-10(9)23-13(15,16)17/h1-6,19H. The minimum absolute atomic E-state index is 0.462. The number of nitrogens with zero attached hydrogens (tertiary/aromatic N) is 2. The molecule has 1 N–H and O–H groups in total. The van der Waals surface area contributed by atoms with Crippen LogP contribution in [0.3, 0.4) is 0 Å². The van der Waals surface area contributed by atoms with Crippen LogP contribution >= 0.6 is 0 Å². The zero-order valence-corrected chi connectivity index (χ0v) is 11.1. The average molecular weight is 329 g/mol. The van der Waals surface area contributed by atoms with Crippen LogP contribution < -0.4 is 10.1 Å². The number of alkyl halides is 3. The number of nitrogens with one attached hydrogen (secondary N) is 1. The Hall–Kier alpha value is -3.09. The molecular formula is C13H7F4N3O3. The first-order chi connectivity index (χ1) is 10.7. The SMILES string of the molecule is N#CC1(c2ccccc2OC(F)(F)F)NC=C(F)C=C1[N+](=O)[O-]. The van der Waals surface area contributed by atoms with Crippen LogP contribution in [-0.2, 0) is 5.54 Å². The number of allylic oxidation sites excluding steroid dienone is 2. The highest BCUT2D eigenvalue weighted by Crippen LogP contribution is 2.39. The van der Waals surface area contributed by atoms with E-state index in [4.69, 9.17) is 0 Å². The van der Waals surface area contributed by atoms with Crippen LogP contribution in [0.25, 0.3) is 0 Å². The molecule has 0 amide bonds. The third-order valence-electron chi connectivity index (χ3n) is 2.97. The van der Waals surface area contributed by atoms with Crippen molar-refractivity contribution in [1.29, 1.82) is 5.26 Å². The molecule has 1 aliphatic rings. The van der Waals surface area contributed by atoms with Crippen LogP contribution in [0, 0.1) is 21.4 Å². The quantitative estimate of drug-likeness (QED) is 0.523. The van der Waals surface area contributed by atoms with E-state index in [9.17, 15) is 32.9 Å². The summed E-state index contributed by atoms with van der Waals surface area (Å²) in [5, 5.41) is 22.7. The van der Waals surface area contributed by atoms with Gasteiger partial charge in [-0.25, -0.2) is 4.39 Å². The van der Waals surface area contributed by atoms with Crippen molar-refractivity contribution in [2.45, 2.75) is 11.9 Å². The second-order valence-electron chi connectivity index (χ2n) is 4.37. The molecule has 0 aliphatic carbocycles. The first-order valence-corrected chi connectivity index (χ1v) is 5.96. The summed E-state index contributed by atoms with van der Waals surface area (Å²) in [6, 6.07) is 5.95. The molecule has 1 atom stereocenters. The lowest BCUT2D eigenvalue weighted by Crippen LogP contribution is -2.44. The highest BCUT2D eigenvalue weighted by molar-refractivity contribution is 5.51. The smallest absolute Gasteiger partial charge is 0.405 e. The highest BCUT2D eigenvalue weighted by Gasteiger charge is 2.49. The molecule has 2 rings (SSSR count). The molecule has 0 fully saturated rings. The molecule has 0 aromatic heterocycles. The van der Waals surface area contributed by atoms with Crippen LogP contribution in [-0.4, -0.2) is 11.3 Å². The van der Waals surface area contributed by atoms with Gasteiger partial charge in [0.15, 0.2) is 0 Å². The van der Waals surface area contributed by atoms with Crippen molar-refractivity contribution in [1.82, 2.24) is 5.32 Å². The van der Waals surface area contributed by atoms with Crippen molar-refractivity contribution < 1.29 is 27.2 Å². The van der Waals surface area contributed by atoms with Crippen molar-refractivity contribution >= 4 is 0 Å². The van der Waals surface area contributed by atoms with E-state index in [2.05, 4.69) is 10.1 Å². The summed E-state index contributed by atoms with van der Waals surface area (Å²) < 4.78 is 54.5. The first kappa shape index (κ1) is 16.3. The van der Waals surface area contributed by atoms with E-state index in [0.717, 1.165) is 12.1 Å². The van der Waals surface area contributed by atoms with Gasteiger partial charge in [0.1, 0.15) is 17.6 Å². The molecule has 0 saturated carbocycles. The van der Waals surface area contributed by atoms with Gasteiger partial charge in [-0.2, -0.15) is 5.26 Å². The summed E-state index contributed by atoms with van der Waals surface area (Å²) in [5.41, 5.74) is -3.76. The zero-order chi connectivity index (χ0) is 17.3. The molecule has 10 heteroatoms. The Morgan fingerprint density at radius 3 is 2.57 bits per heavy atom. The maximum atomic E-state index is 13.3. The number of benzene rings is 1. The number of halogens is 4. The number of ether oxygens (including phenoxy) is 1. The van der Waals surface area contributed by atoms with Crippen LogP contribution in [0.4, 0.5) is 17.6 Å². The van der Waals surface area contributed by atoms with Gasteiger partial charge in [0.25, 0.3) is 5.70 Å². The third kappa shape index (κ3) is 3.08. The zero-order valence-electron chi connectivity index (χ0n) is 11.1. The van der Waals surface area contributed by atoms with Crippen molar-refractivity contribution in [2.75, 3.05) is 0 Å². The summed E-state index contributed by atoms with van der Waals surface area (Å²) in [4.78, 5) is 10.1. The molecular weight excluding hydrogens is 322 g/mol. The Bertz CT molecular complexity index is 752. The van der Waals surface area contributed by atoms with E-state index in [1.807, 2.05) is 0 Å². The number of dihydropyridines is 1. The number of nitriles is 1. The van der Waals surface area contributed by atoms with Gasteiger partial charge < -0.3 is 10.1 Å². The lowest BCUT2D eigenvalue weighted by molar-refractivity contribution is -0.435. The van der Waals surface area contributed by atoms with Gasteiger partial charge in [-0.1, -0.05) is 18.2 Å². The molecule has 6 nitrogen and oxygen atoms in total. The number of nitro groups is 1. The van der Waals surface area contributed by atoms with Crippen molar-refractivity contribution in [3.8, 4) is 11.8 Å². The average Bonchev–Trinajstić information content (AvgIpc) is 2.46. The van der Waals surface area contributed by atoms with Gasteiger partial charge in [0.2, 0.25) is 5.54 Å². The fourth-order valence-corrected chi connectivity index (χ4v) is 2.08. The largest absolute Gasteiger partial charge is 0.573 e. The Balaban J connectivity index is 2.66. The predicted molar refractivity (Wildman–Crippen MR) is 67.8 cm³/mol. The van der Waals surface area contributed by atoms with Gasteiger partial charge in [0.05, 0.1) is 11.0 Å². The van der Waals surface area contributed by atoms with Crippen molar-refractivity contribution in [3.63, 3.8) is 0 Å². The Morgan fingerprint density at radius 2 is 2.00 bits per heavy atom. The summed E-state index contributed by atoms with van der Waals surface area (Å²) >= 11 is 0. The minimum atomic E-state index is -5.07. The topological polar surface area (TPSA) is 88.2 Å². The number of para-hydroxylation sites is 1. The van der Waals surface area contributed by atoms with Gasteiger partial charge in [-0.15, -0.1) is 13.2 Å². The molecule has 0 bridgehead atoms. The van der Waals surface area contributed by atoms with E-state index in [0.29, 0.717) is 12.3 Å². The van der Waals surface area contributed by atoms with Crippen LogP contribution in [0.1, 0.15) is 5.56 Å². The Morgan fingerprint density at radius 1 is 1.35 bits per heavy atom. The first-order valence-electron chi connectivity index (χ1n) is 5.96. The van der Waals surface area contributed by atoms with Gasteiger partial charge in [-0.3, -0.25) is 10.1 Å². The molecule has 1 aromatic carbocycles. The molecule has 0 spiro atoms. The maximum absolute atomic E-state index is 13.3. The summed E-state index contributed by atoms with van der Waals surface area (Å²) in [6.45, 7) is 0. The number of hydrogen-bond acceptors (Lipinski definition) is 5. The lowest BCUT2D eigenvalue weighted by Gasteiger charge is -2.28. The summed E-state index contributed by atoms with van der Waals surface area (Å²) in [5.74, 6) is -1.85. The lowest BCUT2D eigenvalue weighted by atomic mass is 9.85. The van der Waals surface area contributed by atoms with Crippen molar-refractivity contribution in [2.24, 2.45) is 0 Å². The second kappa shape index (κ2) is 5.60. The summed E-state index contributed by atoms with van der Waals surface area (Å²) in [7, 11) is 0. The summed E-state index contributed by atoms with van der Waals surface area (Å²) in [6.07, 6.45) is -3.95. The Kier molecular flexibility index (Phi) is 3.97. The number of hydrogen-bond donors (Lipinski definition) is 1. The molecule has 0 saturated heterocycles. The highest BCUT2D eigenvalue weighted by atomic mass is 19.4. The van der Waals surface area contributed by atoms with Gasteiger partial charge in [0, 0.05) is 11.8 Å². The predicted octanol–water partition coefficient (Wildman–Crippen LogP) is 2.88. The van der Waals surface area contributed by atoms with E-state index in [-0.39, 0.29) is 0 Å². The normalized spacial score (nSPS) is 20.7. The van der Waals surface area contributed by atoms with E-state index >= 15 is 0 Å². The molecule has 23 heavy (non-hydrogen) atoms. The second-order valence-corrected chi connectivity index (χ2v) is 4.37. The number of rotatable bonds is 3. The maximum Gasteiger partial charge on any atom is 0.573 e. The van der Waals surface area contributed by atoms with E-state index in [1.165, 1.54) is 18.2 Å². The minimum Gasteiger partial charge on any atom is -0.405 e. The van der Waals surface area contributed by atoms with Crippen LogP contribution in [0.5, 0.6) is 5.75 Å². The van der Waals surface area contributed by atoms with Crippen molar-refractivity contribution in [3.05, 3.63) is 63.7 Å². The fourth-order valence-electron chi connectivity index (χ4n) is 2.08. The monoisotopic (exact) mass is 329 g/mol. The molecule has 120 valence electrons. The fraction of sp³-hybridized carbons (Fsp3) is 0.154. The molecule has 1 heterocycles. The molecule has 1 unspecified atom stereocenters. The Labute approximate surface area is 126 Å². The van der Waals surface area contributed by atoms with Crippen LogP contribution in [0.15, 0.2) is 48.1 Å². The molecule has 1 aromatic rings. The van der Waals surface area contributed by atoms with Gasteiger partial charge in [-0.05, 0) is 6.07 Å². The molecule has 1 aliphatic heterocycles. The van der Waals surface area contributed by atoms with E-state index < -0.39 is 39.7 Å². The van der Waals surface area contributed by atoms with Gasteiger partial charge >= 0.3 is 6.36 Å². The molecule has 0 radical (unpaired) electrons.